The van der Waals surface area contributed by atoms with Crippen molar-refractivity contribution < 1.29 is 8.42 Å². The predicted octanol–water partition coefficient (Wildman–Crippen LogP) is -0.0554. The molecular weight excluding hydrogens is 252 g/mol. The first kappa shape index (κ1) is 13.5. The van der Waals surface area contributed by atoms with E-state index < -0.39 is 10.0 Å². The first-order valence-electron chi connectivity index (χ1n) is 6.32. The van der Waals surface area contributed by atoms with Gasteiger partial charge in [0, 0.05) is 31.5 Å². The molecule has 2 rings (SSSR count). The number of rotatable bonds is 9. The summed E-state index contributed by atoms with van der Waals surface area (Å²) in [6.07, 6.45) is 8.29. The van der Waals surface area contributed by atoms with Gasteiger partial charge in [0.1, 0.15) is 0 Å². The molecule has 1 saturated carbocycles. The van der Waals surface area contributed by atoms with Crippen LogP contribution in [0.5, 0.6) is 0 Å². The van der Waals surface area contributed by atoms with Crippen LogP contribution in [0.3, 0.4) is 0 Å². The maximum absolute atomic E-state index is 11.7. The van der Waals surface area contributed by atoms with Crippen molar-refractivity contribution in [2.45, 2.75) is 31.8 Å². The number of imidazole rings is 1. The van der Waals surface area contributed by atoms with Gasteiger partial charge in [-0.15, -0.1) is 0 Å². The van der Waals surface area contributed by atoms with Crippen LogP contribution in [-0.4, -0.2) is 42.9 Å². The molecule has 1 aliphatic carbocycles. The van der Waals surface area contributed by atoms with Gasteiger partial charge in [0.25, 0.3) is 0 Å². The number of aromatic nitrogens is 2. The van der Waals surface area contributed by atoms with E-state index in [0.717, 1.165) is 6.54 Å². The summed E-state index contributed by atoms with van der Waals surface area (Å²) in [6, 6.07) is 0.641. The molecule has 1 fully saturated rings. The van der Waals surface area contributed by atoms with E-state index in [1.165, 1.54) is 12.8 Å². The Morgan fingerprint density at radius 2 is 2.17 bits per heavy atom. The predicted molar refractivity (Wildman–Crippen MR) is 69.7 cm³/mol. The van der Waals surface area contributed by atoms with Gasteiger partial charge >= 0.3 is 0 Å². The van der Waals surface area contributed by atoms with Crippen molar-refractivity contribution in [1.29, 1.82) is 0 Å². The minimum Gasteiger partial charge on any atom is -0.336 e. The number of hydrogen-bond acceptors (Lipinski definition) is 4. The van der Waals surface area contributed by atoms with E-state index in [2.05, 4.69) is 15.0 Å². The van der Waals surface area contributed by atoms with Crippen LogP contribution < -0.4 is 10.0 Å². The molecule has 6 nitrogen and oxygen atoms in total. The number of nitrogens with one attached hydrogen (secondary N) is 2. The van der Waals surface area contributed by atoms with Crippen molar-refractivity contribution >= 4 is 10.0 Å². The first-order chi connectivity index (χ1) is 8.66. The fourth-order valence-electron chi connectivity index (χ4n) is 1.68. The zero-order valence-electron chi connectivity index (χ0n) is 10.4. The van der Waals surface area contributed by atoms with Crippen molar-refractivity contribution in [3.05, 3.63) is 18.7 Å². The summed E-state index contributed by atoms with van der Waals surface area (Å²) in [7, 11) is -3.14. The highest BCUT2D eigenvalue weighted by atomic mass is 32.2. The second kappa shape index (κ2) is 6.31. The fraction of sp³-hybridized carbons (Fsp3) is 0.727. The summed E-state index contributed by atoms with van der Waals surface area (Å²) in [6.45, 7) is 1.81. The fourth-order valence-corrected chi connectivity index (χ4v) is 2.75. The van der Waals surface area contributed by atoms with E-state index in [4.69, 9.17) is 0 Å². The highest BCUT2D eigenvalue weighted by Crippen LogP contribution is 2.18. The summed E-state index contributed by atoms with van der Waals surface area (Å²) >= 11 is 0. The van der Waals surface area contributed by atoms with Gasteiger partial charge in [-0.25, -0.2) is 18.1 Å². The van der Waals surface area contributed by atoms with E-state index >= 15 is 0 Å². The molecule has 0 bridgehead atoms. The molecule has 1 aromatic rings. The van der Waals surface area contributed by atoms with Crippen LogP contribution in [0.1, 0.15) is 19.3 Å². The molecule has 0 aromatic carbocycles. The number of sulfonamides is 1. The average molecular weight is 272 g/mol. The van der Waals surface area contributed by atoms with E-state index in [0.29, 0.717) is 25.6 Å². The quantitative estimate of drug-likeness (QED) is 0.618. The Hall–Kier alpha value is -0.920. The molecule has 18 heavy (non-hydrogen) atoms. The molecule has 102 valence electrons. The molecule has 0 unspecified atom stereocenters. The van der Waals surface area contributed by atoms with Crippen molar-refractivity contribution in [3.63, 3.8) is 0 Å². The third kappa shape index (κ3) is 5.16. The van der Waals surface area contributed by atoms with Crippen LogP contribution in [0.4, 0.5) is 0 Å². The second-order valence-electron chi connectivity index (χ2n) is 4.60. The third-order valence-electron chi connectivity index (χ3n) is 2.85. The van der Waals surface area contributed by atoms with E-state index in [9.17, 15) is 8.42 Å². The van der Waals surface area contributed by atoms with Gasteiger partial charge in [0.05, 0.1) is 12.1 Å². The monoisotopic (exact) mass is 272 g/mol. The Morgan fingerprint density at radius 3 is 2.83 bits per heavy atom. The minimum atomic E-state index is -3.14. The Labute approximate surface area is 108 Å². The molecule has 1 aliphatic rings. The molecule has 7 heteroatoms. The molecule has 1 aromatic heterocycles. The molecule has 1 heterocycles. The second-order valence-corrected chi connectivity index (χ2v) is 6.52. The van der Waals surface area contributed by atoms with Crippen LogP contribution in [0, 0.1) is 0 Å². The van der Waals surface area contributed by atoms with E-state index in [1.54, 1.807) is 12.5 Å². The molecule has 0 saturated heterocycles. The lowest BCUT2D eigenvalue weighted by Gasteiger charge is -2.07. The summed E-state index contributed by atoms with van der Waals surface area (Å²) in [5.74, 6) is 0.191. The van der Waals surface area contributed by atoms with E-state index in [-0.39, 0.29) is 5.75 Å². The molecular formula is C11H20N4O2S. The Bertz CT molecular complexity index is 440. The van der Waals surface area contributed by atoms with Gasteiger partial charge < -0.3 is 9.88 Å². The Kier molecular flexibility index (Phi) is 4.73. The Morgan fingerprint density at radius 1 is 1.33 bits per heavy atom. The molecule has 0 atom stereocenters. The van der Waals surface area contributed by atoms with Crippen LogP contribution >= 0.6 is 0 Å². The largest absolute Gasteiger partial charge is 0.336 e. The third-order valence-corrected chi connectivity index (χ3v) is 4.32. The standard InChI is InChI=1S/C11H20N4O2S/c16-18(17,9-1-4-13-11-2-3-11)14-6-8-15-7-5-12-10-15/h5,7,10-11,13-14H,1-4,6,8-9H2. The van der Waals surface area contributed by atoms with Crippen molar-refractivity contribution in [3.8, 4) is 0 Å². The zero-order valence-corrected chi connectivity index (χ0v) is 11.2. The van der Waals surface area contributed by atoms with Crippen LogP contribution in [0.25, 0.3) is 0 Å². The number of hydrogen-bond donors (Lipinski definition) is 2. The minimum absolute atomic E-state index is 0.191. The van der Waals surface area contributed by atoms with Crippen LogP contribution in [0.15, 0.2) is 18.7 Å². The lowest BCUT2D eigenvalue weighted by Crippen LogP contribution is -2.31. The normalized spacial score (nSPS) is 16.0. The highest BCUT2D eigenvalue weighted by molar-refractivity contribution is 7.89. The van der Waals surface area contributed by atoms with Gasteiger partial charge in [-0.2, -0.15) is 0 Å². The molecule has 0 amide bonds. The van der Waals surface area contributed by atoms with Gasteiger partial charge in [0.15, 0.2) is 0 Å². The topological polar surface area (TPSA) is 76.0 Å². The van der Waals surface area contributed by atoms with Gasteiger partial charge in [-0.1, -0.05) is 0 Å². The van der Waals surface area contributed by atoms with Crippen molar-refractivity contribution in [2.24, 2.45) is 0 Å². The van der Waals surface area contributed by atoms with Crippen molar-refractivity contribution in [1.82, 2.24) is 19.6 Å². The zero-order chi connectivity index (χ0) is 12.8. The molecule has 0 spiro atoms. The highest BCUT2D eigenvalue weighted by Gasteiger charge is 2.20. The smallest absolute Gasteiger partial charge is 0.211 e. The number of nitrogens with zero attached hydrogens (tertiary/aromatic N) is 2. The summed E-state index contributed by atoms with van der Waals surface area (Å²) < 4.78 is 27.8. The lowest BCUT2D eigenvalue weighted by molar-refractivity contribution is 0.566. The average Bonchev–Trinajstić information content (AvgIpc) is 3.01. The van der Waals surface area contributed by atoms with Crippen LogP contribution in [0.2, 0.25) is 0 Å². The SMILES string of the molecule is O=S(=O)(CCCNC1CC1)NCCn1ccnc1. The molecule has 0 aliphatic heterocycles. The molecule has 0 radical (unpaired) electrons. The first-order valence-corrected chi connectivity index (χ1v) is 7.97. The summed E-state index contributed by atoms with van der Waals surface area (Å²) in [4.78, 5) is 3.90. The van der Waals surface area contributed by atoms with Crippen molar-refractivity contribution in [2.75, 3.05) is 18.8 Å². The van der Waals surface area contributed by atoms with E-state index in [1.807, 2.05) is 10.8 Å². The summed E-state index contributed by atoms with van der Waals surface area (Å²) in [5, 5.41) is 3.30. The maximum atomic E-state index is 11.7. The maximum Gasteiger partial charge on any atom is 0.211 e. The lowest BCUT2D eigenvalue weighted by atomic mass is 10.5. The van der Waals surface area contributed by atoms with Gasteiger partial charge in [-0.05, 0) is 25.8 Å². The van der Waals surface area contributed by atoms with Gasteiger partial charge in [-0.3, -0.25) is 0 Å². The van der Waals surface area contributed by atoms with Gasteiger partial charge in [0.2, 0.25) is 10.0 Å². The molecule has 2 N–H and O–H groups in total. The Balaban J connectivity index is 1.57. The van der Waals surface area contributed by atoms with Crippen LogP contribution in [-0.2, 0) is 16.6 Å². The summed E-state index contributed by atoms with van der Waals surface area (Å²) in [5.41, 5.74) is 0.